The lowest BCUT2D eigenvalue weighted by Gasteiger charge is -2.05. The van der Waals surface area contributed by atoms with E-state index in [1.54, 1.807) is 11.3 Å². The molecule has 128 valence electrons. The first-order chi connectivity index (χ1) is 12.1. The molecule has 0 spiro atoms. The SMILES string of the molecule is CCc1cccc(NC(=O)CSc2nc(-c3ccc(C)cc3)cs2)c1. The fourth-order valence-electron chi connectivity index (χ4n) is 2.37. The van der Waals surface area contributed by atoms with Gasteiger partial charge in [0.2, 0.25) is 5.91 Å². The maximum atomic E-state index is 12.1. The number of thioether (sulfide) groups is 1. The Labute approximate surface area is 156 Å². The van der Waals surface area contributed by atoms with Crippen molar-refractivity contribution >= 4 is 34.7 Å². The van der Waals surface area contributed by atoms with E-state index in [0.717, 1.165) is 27.7 Å². The maximum Gasteiger partial charge on any atom is 0.234 e. The van der Waals surface area contributed by atoms with Crippen LogP contribution in [0.4, 0.5) is 5.69 Å². The highest BCUT2D eigenvalue weighted by molar-refractivity contribution is 8.01. The van der Waals surface area contributed by atoms with Gasteiger partial charge in [0, 0.05) is 16.6 Å². The molecule has 25 heavy (non-hydrogen) atoms. The van der Waals surface area contributed by atoms with Crippen LogP contribution in [0, 0.1) is 6.92 Å². The van der Waals surface area contributed by atoms with Crippen LogP contribution >= 0.6 is 23.1 Å². The maximum absolute atomic E-state index is 12.1. The molecule has 1 aromatic heterocycles. The van der Waals surface area contributed by atoms with Crippen molar-refractivity contribution in [2.24, 2.45) is 0 Å². The van der Waals surface area contributed by atoms with Crippen molar-refractivity contribution in [2.45, 2.75) is 24.6 Å². The highest BCUT2D eigenvalue weighted by atomic mass is 32.2. The Morgan fingerprint density at radius 2 is 2.00 bits per heavy atom. The monoisotopic (exact) mass is 368 g/mol. The zero-order chi connectivity index (χ0) is 17.6. The standard InChI is InChI=1S/C20H20N2OS2/c1-3-15-5-4-6-17(11-15)21-19(23)13-25-20-22-18(12-24-20)16-9-7-14(2)8-10-16/h4-12H,3,13H2,1-2H3,(H,21,23). The Morgan fingerprint density at radius 3 is 2.76 bits per heavy atom. The molecule has 1 heterocycles. The lowest BCUT2D eigenvalue weighted by molar-refractivity contribution is -0.113. The molecule has 3 nitrogen and oxygen atoms in total. The zero-order valence-corrected chi connectivity index (χ0v) is 15.9. The van der Waals surface area contributed by atoms with Gasteiger partial charge in [-0.1, -0.05) is 60.6 Å². The van der Waals surface area contributed by atoms with Crippen molar-refractivity contribution in [3.8, 4) is 11.3 Å². The number of amides is 1. The minimum absolute atomic E-state index is 0.00895. The fourth-order valence-corrected chi connectivity index (χ4v) is 4.01. The summed E-state index contributed by atoms with van der Waals surface area (Å²) in [6.45, 7) is 4.17. The van der Waals surface area contributed by atoms with Crippen LogP contribution in [0.25, 0.3) is 11.3 Å². The average Bonchev–Trinajstić information content (AvgIpc) is 3.10. The summed E-state index contributed by atoms with van der Waals surface area (Å²) in [7, 11) is 0. The number of benzene rings is 2. The van der Waals surface area contributed by atoms with E-state index in [-0.39, 0.29) is 5.91 Å². The van der Waals surface area contributed by atoms with Crippen LogP contribution in [0.3, 0.4) is 0 Å². The van der Waals surface area contributed by atoms with E-state index in [2.05, 4.69) is 54.5 Å². The lowest BCUT2D eigenvalue weighted by Crippen LogP contribution is -2.14. The number of aryl methyl sites for hydroxylation is 2. The van der Waals surface area contributed by atoms with Gasteiger partial charge in [-0.15, -0.1) is 11.3 Å². The quantitative estimate of drug-likeness (QED) is 0.591. The third-order valence-corrected chi connectivity index (χ3v) is 5.80. The predicted octanol–water partition coefficient (Wildman–Crippen LogP) is 5.41. The van der Waals surface area contributed by atoms with Crippen LogP contribution in [0.2, 0.25) is 0 Å². The van der Waals surface area contributed by atoms with Crippen molar-refractivity contribution in [1.82, 2.24) is 4.98 Å². The van der Waals surface area contributed by atoms with Crippen molar-refractivity contribution in [3.63, 3.8) is 0 Å². The second-order valence-corrected chi connectivity index (χ2v) is 7.84. The first-order valence-electron chi connectivity index (χ1n) is 8.18. The van der Waals surface area contributed by atoms with Gasteiger partial charge in [0.1, 0.15) is 0 Å². The van der Waals surface area contributed by atoms with Gasteiger partial charge in [-0.2, -0.15) is 0 Å². The number of carbonyl (C=O) groups excluding carboxylic acids is 1. The second kappa shape index (κ2) is 8.32. The molecule has 0 aliphatic carbocycles. The number of thiazole rings is 1. The zero-order valence-electron chi connectivity index (χ0n) is 14.3. The minimum atomic E-state index is -0.00895. The average molecular weight is 369 g/mol. The number of hydrogen-bond donors (Lipinski definition) is 1. The Kier molecular flexibility index (Phi) is 5.89. The lowest BCUT2D eigenvalue weighted by atomic mass is 10.1. The van der Waals surface area contributed by atoms with Crippen LogP contribution in [0.5, 0.6) is 0 Å². The van der Waals surface area contributed by atoms with E-state index in [1.807, 2.05) is 23.6 Å². The highest BCUT2D eigenvalue weighted by Gasteiger charge is 2.08. The molecule has 0 aliphatic heterocycles. The van der Waals surface area contributed by atoms with Crippen LogP contribution in [0.15, 0.2) is 58.3 Å². The normalized spacial score (nSPS) is 10.6. The molecule has 2 aromatic carbocycles. The van der Waals surface area contributed by atoms with E-state index in [1.165, 1.54) is 22.9 Å². The third kappa shape index (κ3) is 4.94. The Balaban J connectivity index is 1.56. The van der Waals surface area contributed by atoms with Gasteiger partial charge in [0.15, 0.2) is 4.34 Å². The molecular formula is C20H20N2OS2. The minimum Gasteiger partial charge on any atom is -0.325 e. The summed E-state index contributed by atoms with van der Waals surface area (Å²) in [6.07, 6.45) is 0.958. The molecule has 3 aromatic rings. The van der Waals surface area contributed by atoms with E-state index in [4.69, 9.17) is 0 Å². The number of nitrogens with one attached hydrogen (secondary N) is 1. The molecular weight excluding hydrogens is 348 g/mol. The molecule has 0 saturated heterocycles. The van der Waals surface area contributed by atoms with Crippen molar-refractivity contribution in [1.29, 1.82) is 0 Å². The number of anilines is 1. The van der Waals surface area contributed by atoms with Gasteiger partial charge in [-0.25, -0.2) is 4.98 Å². The number of hydrogen-bond acceptors (Lipinski definition) is 4. The van der Waals surface area contributed by atoms with E-state index >= 15 is 0 Å². The van der Waals surface area contributed by atoms with Crippen LogP contribution in [0.1, 0.15) is 18.1 Å². The van der Waals surface area contributed by atoms with Gasteiger partial charge in [0.25, 0.3) is 0 Å². The summed E-state index contributed by atoms with van der Waals surface area (Å²) in [5, 5.41) is 4.99. The molecule has 0 atom stereocenters. The molecule has 0 aliphatic rings. The Morgan fingerprint density at radius 1 is 1.20 bits per heavy atom. The predicted molar refractivity (Wildman–Crippen MR) is 107 cm³/mol. The number of rotatable bonds is 6. The summed E-state index contributed by atoms with van der Waals surface area (Å²) < 4.78 is 0.910. The first kappa shape index (κ1) is 17.7. The summed E-state index contributed by atoms with van der Waals surface area (Å²) in [6, 6.07) is 16.3. The summed E-state index contributed by atoms with van der Waals surface area (Å²) in [4.78, 5) is 16.8. The fraction of sp³-hybridized carbons (Fsp3) is 0.200. The molecule has 0 fully saturated rings. The number of aromatic nitrogens is 1. The van der Waals surface area contributed by atoms with Gasteiger partial charge in [-0.3, -0.25) is 4.79 Å². The molecule has 0 unspecified atom stereocenters. The smallest absolute Gasteiger partial charge is 0.234 e. The Bertz CT molecular complexity index is 856. The molecule has 5 heteroatoms. The highest BCUT2D eigenvalue weighted by Crippen LogP contribution is 2.28. The Hall–Kier alpha value is -2.11. The molecule has 0 radical (unpaired) electrons. The van der Waals surface area contributed by atoms with Crippen molar-refractivity contribution < 1.29 is 4.79 Å². The van der Waals surface area contributed by atoms with E-state index in [0.29, 0.717) is 5.75 Å². The molecule has 1 amide bonds. The van der Waals surface area contributed by atoms with Gasteiger partial charge in [-0.05, 0) is 31.0 Å². The topological polar surface area (TPSA) is 42.0 Å². The third-order valence-electron chi connectivity index (χ3n) is 3.78. The summed E-state index contributed by atoms with van der Waals surface area (Å²) in [5.41, 5.74) is 5.37. The van der Waals surface area contributed by atoms with Crippen molar-refractivity contribution in [2.75, 3.05) is 11.1 Å². The molecule has 1 N–H and O–H groups in total. The molecule has 3 rings (SSSR count). The number of nitrogens with zero attached hydrogens (tertiary/aromatic N) is 1. The van der Waals surface area contributed by atoms with E-state index in [9.17, 15) is 4.79 Å². The summed E-state index contributed by atoms with van der Waals surface area (Å²) in [5.74, 6) is 0.349. The molecule has 0 saturated carbocycles. The van der Waals surface area contributed by atoms with Crippen LogP contribution in [-0.4, -0.2) is 16.6 Å². The van der Waals surface area contributed by atoms with Gasteiger partial charge < -0.3 is 5.32 Å². The van der Waals surface area contributed by atoms with Crippen LogP contribution < -0.4 is 5.32 Å². The largest absolute Gasteiger partial charge is 0.325 e. The van der Waals surface area contributed by atoms with Gasteiger partial charge in [0.05, 0.1) is 11.4 Å². The first-order valence-corrected chi connectivity index (χ1v) is 10.0. The second-order valence-electron chi connectivity index (χ2n) is 5.76. The molecule has 0 bridgehead atoms. The number of carbonyl (C=O) groups is 1. The van der Waals surface area contributed by atoms with Gasteiger partial charge >= 0.3 is 0 Å². The van der Waals surface area contributed by atoms with Crippen LogP contribution in [-0.2, 0) is 11.2 Å². The van der Waals surface area contributed by atoms with E-state index < -0.39 is 0 Å². The van der Waals surface area contributed by atoms with Crippen molar-refractivity contribution in [3.05, 3.63) is 65.0 Å². The summed E-state index contributed by atoms with van der Waals surface area (Å²) >= 11 is 3.05.